The highest BCUT2D eigenvalue weighted by Gasteiger charge is 2.03. The monoisotopic (exact) mass is 290 g/mol. The van der Waals surface area contributed by atoms with Crippen LogP contribution in [0.2, 0.25) is 0 Å². The molecule has 0 N–H and O–H groups in total. The molecule has 0 aliphatic carbocycles. The third-order valence-electron chi connectivity index (χ3n) is 2.70. The van der Waals surface area contributed by atoms with E-state index in [2.05, 4.69) is 45.8 Å². The van der Waals surface area contributed by atoms with E-state index in [0.717, 1.165) is 22.1 Å². The Morgan fingerprint density at radius 2 is 2.00 bits per heavy atom. The molecule has 1 aromatic carbocycles. The minimum atomic E-state index is 0.516. The van der Waals surface area contributed by atoms with Crippen molar-refractivity contribution in [2.24, 2.45) is 5.92 Å². The largest absolute Gasteiger partial charge is 0.252 e. The second-order valence-electron chi connectivity index (χ2n) is 4.29. The molecule has 88 valence electrons. The summed E-state index contributed by atoms with van der Waals surface area (Å²) in [6, 6.07) is 7.93. The van der Waals surface area contributed by atoms with Crippen LogP contribution in [0.15, 0.2) is 36.0 Å². The van der Waals surface area contributed by atoms with E-state index in [4.69, 9.17) is 0 Å². The number of nitrogens with zero attached hydrogens (tertiary/aromatic N) is 2. The van der Waals surface area contributed by atoms with Gasteiger partial charge in [0.2, 0.25) is 0 Å². The van der Waals surface area contributed by atoms with Gasteiger partial charge in [-0.2, -0.15) is 0 Å². The molecule has 0 spiro atoms. The molecule has 0 radical (unpaired) electrons. The van der Waals surface area contributed by atoms with Gasteiger partial charge in [-0.15, -0.1) is 0 Å². The van der Waals surface area contributed by atoms with Crippen LogP contribution in [0.5, 0.6) is 0 Å². The Kier molecular flexibility index (Phi) is 3.89. The zero-order valence-corrected chi connectivity index (χ0v) is 11.6. The minimum Gasteiger partial charge on any atom is -0.252 e. The number of hydrogen-bond donors (Lipinski definition) is 0. The first-order chi connectivity index (χ1) is 8.20. The molecule has 1 heterocycles. The lowest BCUT2D eigenvalue weighted by molar-refractivity contribution is 0.780. The second-order valence-corrected chi connectivity index (χ2v) is 4.85. The van der Waals surface area contributed by atoms with Gasteiger partial charge < -0.3 is 0 Å². The highest BCUT2D eigenvalue weighted by atomic mass is 79.9. The number of halogens is 1. The molecule has 17 heavy (non-hydrogen) atoms. The molecule has 0 atom stereocenters. The summed E-state index contributed by atoms with van der Waals surface area (Å²) in [5.41, 5.74) is 4.13. The Morgan fingerprint density at radius 3 is 2.65 bits per heavy atom. The number of para-hydroxylation sites is 2. The molecule has 0 fully saturated rings. The Morgan fingerprint density at radius 1 is 1.29 bits per heavy atom. The molecular weight excluding hydrogens is 276 g/mol. The number of aromatic nitrogens is 2. The van der Waals surface area contributed by atoms with E-state index >= 15 is 0 Å². The van der Waals surface area contributed by atoms with Crippen molar-refractivity contribution in [1.82, 2.24) is 9.97 Å². The number of hydrogen-bond acceptors (Lipinski definition) is 2. The van der Waals surface area contributed by atoms with Gasteiger partial charge in [0, 0.05) is 5.33 Å². The normalized spacial score (nSPS) is 12.4. The van der Waals surface area contributed by atoms with Crippen LogP contribution in [-0.2, 0) is 0 Å². The van der Waals surface area contributed by atoms with Crippen LogP contribution in [0.3, 0.4) is 0 Å². The zero-order chi connectivity index (χ0) is 12.3. The lowest BCUT2D eigenvalue weighted by atomic mass is 10.0. The maximum absolute atomic E-state index is 4.59. The fourth-order valence-electron chi connectivity index (χ4n) is 1.59. The average molecular weight is 291 g/mol. The maximum atomic E-state index is 4.59. The summed E-state index contributed by atoms with van der Waals surface area (Å²) in [6.07, 6.45) is 3.94. The van der Waals surface area contributed by atoms with Gasteiger partial charge in [0.05, 0.1) is 22.9 Å². The van der Waals surface area contributed by atoms with Crippen LogP contribution in [-0.4, -0.2) is 15.3 Å². The van der Waals surface area contributed by atoms with Crippen LogP contribution in [0.1, 0.15) is 19.5 Å². The molecule has 3 heteroatoms. The molecule has 0 unspecified atom stereocenters. The SMILES string of the molecule is CC(C)C(=Cc1cnc2ccccc2n1)CBr. The van der Waals surface area contributed by atoms with Gasteiger partial charge >= 0.3 is 0 Å². The standard InChI is InChI=1S/C14H15BrN2/c1-10(2)11(8-15)7-12-9-16-13-5-3-4-6-14(13)17-12/h3-7,9-10H,8H2,1-2H3. The van der Waals surface area contributed by atoms with Crippen LogP contribution < -0.4 is 0 Å². The van der Waals surface area contributed by atoms with Gasteiger partial charge in [0.15, 0.2) is 0 Å². The third-order valence-corrected chi connectivity index (χ3v) is 3.34. The fourth-order valence-corrected chi connectivity index (χ4v) is 2.40. The quantitative estimate of drug-likeness (QED) is 0.797. The first kappa shape index (κ1) is 12.2. The maximum Gasteiger partial charge on any atom is 0.0894 e. The highest BCUT2D eigenvalue weighted by molar-refractivity contribution is 9.09. The predicted molar refractivity (Wildman–Crippen MR) is 76.1 cm³/mol. The van der Waals surface area contributed by atoms with E-state index in [0.29, 0.717) is 5.92 Å². The molecule has 0 aliphatic heterocycles. The second kappa shape index (κ2) is 5.41. The van der Waals surface area contributed by atoms with Crippen molar-refractivity contribution in [2.45, 2.75) is 13.8 Å². The van der Waals surface area contributed by atoms with E-state index < -0.39 is 0 Å². The van der Waals surface area contributed by atoms with Gasteiger partial charge in [0.25, 0.3) is 0 Å². The minimum absolute atomic E-state index is 0.516. The number of rotatable bonds is 3. The Hall–Kier alpha value is -1.22. The predicted octanol–water partition coefficient (Wildman–Crippen LogP) is 4.06. The van der Waals surface area contributed by atoms with E-state index in [1.807, 2.05) is 30.5 Å². The van der Waals surface area contributed by atoms with Crippen molar-refractivity contribution < 1.29 is 0 Å². The smallest absolute Gasteiger partial charge is 0.0894 e. The van der Waals surface area contributed by atoms with Gasteiger partial charge in [0.1, 0.15) is 0 Å². The third kappa shape index (κ3) is 2.91. The molecule has 0 amide bonds. The van der Waals surface area contributed by atoms with Crippen molar-refractivity contribution >= 4 is 33.0 Å². The molecule has 0 bridgehead atoms. The molecule has 2 aromatic rings. The van der Waals surface area contributed by atoms with Crippen molar-refractivity contribution in [1.29, 1.82) is 0 Å². The summed E-state index contributed by atoms with van der Waals surface area (Å²) in [7, 11) is 0. The fraction of sp³-hybridized carbons (Fsp3) is 0.286. The highest BCUT2D eigenvalue weighted by Crippen LogP contribution is 2.17. The van der Waals surface area contributed by atoms with Gasteiger partial charge in [-0.25, -0.2) is 4.98 Å². The summed E-state index contributed by atoms with van der Waals surface area (Å²) in [6.45, 7) is 4.36. The average Bonchev–Trinajstić information content (AvgIpc) is 2.35. The van der Waals surface area contributed by atoms with Gasteiger partial charge in [-0.05, 0) is 24.1 Å². The Labute approximate surface area is 110 Å². The zero-order valence-electron chi connectivity index (χ0n) is 10.0. The van der Waals surface area contributed by atoms with Crippen LogP contribution in [0.25, 0.3) is 17.1 Å². The van der Waals surface area contributed by atoms with Crippen molar-refractivity contribution in [3.63, 3.8) is 0 Å². The lowest BCUT2D eigenvalue weighted by Crippen LogP contribution is -1.96. The summed E-state index contributed by atoms with van der Waals surface area (Å²) in [5, 5.41) is 0.874. The van der Waals surface area contributed by atoms with E-state index in [1.54, 1.807) is 0 Å². The summed E-state index contributed by atoms with van der Waals surface area (Å²) >= 11 is 3.51. The number of allylic oxidation sites excluding steroid dienone is 1. The van der Waals surface area contributed by atoms with E-state index in [-0.39, 0.29) is 0 Å². The summed E-state index contributed by atoms with van der Waals surface area (Å²) in [5.74, 6) is 0.516. The summed E-state index contributed by atoms with van der Waals surface area (Å²) in [4.78, 5) is 8.99. The van der Waals surface area contributed by atoms with Gasteiger partial charge in [-0.1, -0.05) is 47.5 Å². The number of alkyl halides is 1. The number of fused-ring (bicyclic) bond motifs is 1. The van der Waals surface area contributed by atoms with Crippen LogP contribution >= 0.6 is 15.9 Å². The van der Waals surface area contributed by atoms with Crippen molar-refractivity contribution in [2.75, 3.05) is 5.33 Å². The first-order valence-electron chi connectivity index (χ1n) is 5.69. The van der Waals surface area contributed by atoms with Crippen molar-refractivity contribution in [3.05, 3.63) is 41.7 Å². The molecular formula is C14H15BrN2. The molecule has 2 nitrogen and oxygen atoms in total. The molecule has 1 aromatic heterocycles. The lowest BCUT2D eigenvalue weighted by Gasteiger charge is -2.07. The molecule has 0 saturated heterocycles. The van der Waals surface area contributed by atoms with E-state index in [1.165, 1.54) is 5.57 Å². The molecule has 0 aliphatic rings. The molecule has 2 rings (SSSR count). The molecule has 0 saturated carbocycles. The Balaban J connectivity index is 2.43. The topological polar surface area (TPSA) is 25.8 Å². The van der Waals surface area contributed by atoms with Crippen LogP contribution in [0, 0.1) is 5.92 Å². The Bertz CT molecular complexity index is 547. The summed E-state index contributed by atoms with van der Waals surface area (Å²) < 4.78 is 0. The van der Waals surface area contributed by atoms with E-state index in [9.17, 15) is 0 Å². The van der Waals surface area contributed by atoms with Crippen molar-refractivity contribution in [3.8, 4) is 0 Å². The van der Waals surface area contributed by atoms with Gasteiger partial charge in [-0.3, -0.25) is 4.98 Å². The van der Waals surface area contributed by atoms with Crippen LogP contribution in [0.4, 0.5) is 0 Å². The number of benzene rings is 1. The first-order valence-corrected chi connectivity index (χ1v) is 6.81.